The van der Waals surface area contributed by atoms with E-state index < -0.39 is 0 Å². The molecule has 0 saturated carbocycles. The van der Waals surface area contributed by atoms with Crippen molar-refractivity contribution in [3.05, 3.63) is 51.4 Å². The zero-order chi connectivity index (χ0) is 13.6. The van der Waals surface area contributed by atoms with Gasteiger partial charge in [0.25, 0.3) is 0 Å². The maximum atomic E-state index is 6.12. The molecular formula is C13H8Cl3N3. The van der Waals surface area contributed by atoms with Crippen LogP contribution in [0.15, 0.2) is 30.3 Å². The van der Waals surface area contributed by atoms with Gasteiger partial charge in [0, 0.05) is 16.7 Å². The average molecular weight is 313 g/mol. The summed E-state index contributed by atoms with van der Waals surface area (Å²) in [6.45, 7) is 1.91. The van der Waals surface area contributed by atoms with E-state index in [0.717, 1.165) is 16.8 Å². The minimum atomic E-state index is 0.340. The third kappa shape index (κ3) is 2.18. The third-order valence-electron chi connectivity index (χ3n) is 2.82. The Hall–Kier alpha value is -1.29. The molecule has 0 aliphatic rings. The lowest BCUT2D eigenvalue weighted by Gasteiger charge is -2.02. The average Bonchev–Trinajstić information content (AvgIpc) is 2.67. The number of aromatic nitrogens is 3. The SMILES string of the molecule is Cc1nn2c(Cl)cc(Cl)nc2c1-c1ccc(Cl)cc1. The Morgan fingerprint density at radius 2 is 1.74 bits per heavy atom. The molecule has 0 atom stereocenters. The second-order valence-electron chi connectivity index (χ2n) is 4.10. The van der Waals surface area contributed by atoms with Gasteiger partial charge < -0.3 is 0 Å². The molecule has 0 spiro atoms. The van der Waals surface area contributed by atoms with Gasteiger partial charge in [0.05, 0.1) is 5.69 Å². The molecule has 0 bridgehead atoms. The van der Waals surface area contributed by atoms with Gasteiger partial charge in [-0.3, -0.25) is 0 Å². The molecule has 0 unspecified atom stereocenters. The molecule has 0 aliphatic heterocycles. The molecule has 0 fully saturated rings. The van der Waals surface area contributed by atoms with Gasteiger partial charge in [0.15, 0.2) is 5.65 Å². The third-order valence-corrected chi connectivity index (χ3v) is 3.54. The number of hydrogen-bond acceptors (Lipinski definition) is 2. The van der Waals surface area contributed by atoms with Crippen LogP contribution in [0, 0.1) is 6.92 Å². The molecule has 2 heterocycles. The van der Waals surface area contributed by atoms with Crippen LogP contribution in [0.2, 0.25) is 15.3 Å². The maximum absolute atomic E-state index is 6.12. The van der Waals surface area contributed by atoms with Crippen molar-refractivity contribution in [3.63, 3.8) is 0 Å². The number of halogens is 3. The van der Waals surface area contributed by atoms with Crippen LogP contribution in [0.4, 0.5) is 0 Å². The van der Waals surface area contributed by atoms with E-state index in [1.165, 1.54) is 0 Å². The van der Waals surface area contributed by atoms with Crippen LogP contribution in [0.1, 0.15) is 5.69 Å². The Balaban J connectivity index is 2.34. The van der Waals surface area contributed by atoms with Crippen molar-refractivity contribution < 1.29 is 0 Å². The summed E-state index contributed by atoms with van der Waals surface area (Å²) >= 11 is 18.0. The summed E-state index contributed by atoms with van der Waals surface area (Å²) in [4.78, 5) is 4.30. The minimum absolute atomic E-state index is 0.340. The van der Waals surface area contributed by atoms with Gasteiger partial charge in [0.1, 0.15) is 10.3 Å². The molecule has 0 saturated heterocycles. The summed E-state index contributed by atoms with van der Waals surface area (Å²) < 4.78 is 1.58. The zero-order valence-electron chi connectivity index (χ0n) is 9.86. The van der Waals surface area contributed by atoms with Crippen molar-refractivity contribution in [2.45, 2.75) is 6.92 Å². The quantitative estimate of drug-likeness (QED) is 0.611. The normalized spacial score (nSPS) is 11.2. The summed E-state index contributed by atoms with van der Waals surface area (Å²) in [5, 5.41) is 5.83. The van der Waals surface area contributed by atoms with Crippen molar-refractivity contribution in [2.24, 2.45) is 0 Å². The predicted molar refractivity (Wildman–Crippen MR) is 78.2 cm³/mol. The number of fused-ring (bicyclic) bond motifs is 1. The Labute approximate surface area is 124 Å². The standard InChI is InChI=1S/C13H8Cl3N3/c1-7-12(8-2-4-9(14)5-3-8)13-17-10(15)6-11(16)19(13)18-7/h2-6H,1H3. The largest absolute Gasteiger partial charge is 0.216 e. The highest BCUT2D eigenvalue weighted by molar-refractivity contribution is 6.33. The van der Waals surface area contributed by atoms with E-state index in [-0.39, 0.29) is 0 Å². The molecule has 0 radical (unpaired) electrons. The fourth-order valence-corrected chi connectivity index (χ4v) is 2.60. The van der Waals surface area contributed by atoms with Crippen molar-refractivity contribution in [1.82, 2.24) is 14.6 Å². The van der Waals surface area contributed by atoms with E-state index in [0.29, 0.717) is 21.0 Å². The maximum Gasteiger partial charge on any atom is 0.166 e. The van der Waals surface area contributed by atoms with E-state index in [1.54, 1.807) is 10.6 Å². The van der Waals surface area contributed by atoms with Crippen LogP contribution >= 0.6 is 34.8 Å². The first-order valence-electron chi connectivity index (χ1n) is 5.53. The Morgan fingerprint density at radius 1 is 1.05 bits per heavy atom. The molecule has 2 aromatic heterocycles. The molecule has 96 valence electrons. The fraction of sp³-hybridized carbons (Fsp3) is 0.0769. The number of benzene rings is 1. The molecule has 3 rings (SSSR count). The first kappa shape index (κ1) is 12.7. The summed E-state index contributed by atoms with van der Waals surface area (Å²) in [6, 6.07) is 9.05. The predicted octanol–water partition coefficient (Wildman–Crippen LogP) is 4.66. The van der Waals surface area contributed by atoms with Crippen LogP contribution in [-0.4, -0.2) is 14.6 Å². The van der Waals surface area contributed by atoms with Crippen molar-refractivity contribution in [3.8, 4) is 11.1 Å². The van der Waals surface area contributed by atoms with Crippen molar-refractivity contribution in [1.29, 1.82) is 0 Å². The van der Waals surface area contributed by atoms with Gasteiger partial charge in [-0.25, -0.2) is 9.50 Å². The van der Waals surface area contributed by atoms with Gasteiger partial charge in [-0.2, -0.15) is 5.10 Å². The smallest absolute Gasteiger partial charge is 0.166 e. The lowest BCUT2D eigenvalue weighted by atomic mass is 10.1. The first-order valence-corrected chi connectivity index (χ1v) is 6.67. The second kappa shape index (κ2) is 4.67. The lowest BCUT2D eigenvalue weighted by molar-refractivity contribution is 0.918. The number of nitrogens with zero attached hydrogens (tertiary/aromatic N) is 3. The van der Waals surface area contributed by atoms with E-state index in [1.807, 2.05) is 31.2 Å². The van der Waals surface area contributed by atoms with E-state index in [9.17, 15) is 0 Å². The Kier molecular flexibility index (Phi) is 3.13. The first-order chi connectivity index (χ1) is 9.06. The summed E-state index contributed by atoms with van der Waals surface area (Å²) in [5.74, 6) is 0. The number of aryl methyl sites for hydroxylation is 1. The highest BCUT2D eigenvalue weighted by Gasteiger charge is 2.15. The molecule has 3 nitrogen and oxygen atoms in total. The topological polar surface area (TPSA) is 30.2 Å². The van der Waals surface area contributed by atoms with Crippen LogP contribution in [-0.2, 0) is 0 Å². The van der Waals surface area contributed by atoms with E-state index in [2.05, 4.69) is 10.1 Å². The molecule has 6 heteroatoms. The summed E-state index contributed by atoms with van der Waals surface area (Å²) in [5.41, 5.74) is 3.35. The molecule has 0 aliphatic carbocycles. The minimum Gasteiger partial charge on any atom is -0.216 e. The van der Waals surface area contributed by atoms with Gasteiger partial charge in [0.2, 0.25) is 0 Å². The van der Waals surface area contributed by atoms with Crippen LogP contribution < -0.4 is 0 Å². The molecular weight excluding hydrogens is 305 g/mol. The van der Waals surface area contributed by atoms with Gasteiger partial charge >= 0.3 is 0 Å². The van der Waals surface area contributed by atoms with Gasteiger partial charge in [-0.05, 0) is 24.6 Å². The highest BCUT2D eigenvalue weighted by Crippen LogP contribution is 2.30. The monoisotopic (exact) mass is 311 g/mol. The number of rotatable bonds is 1. The molecule has 19 heavy (non-hydrogen) atoms. The molecule has 3 aromatic rings. The van der Waals surface area contributed by atoms with Gasteiger partial charge in [-0.1, -0.05) is 46.9 Å². The van der Waals surface area contributed by atoms with Crippen molar-refractivity contribution in [2.75, 3.05) is 0 Å². The van der Waals surface area contributed by atoms with Crippen LogP contribution in [0.25, 0.3) is 16.8 Å². The fourth-order valence-electron chi connectivity index (χ4n) is 2.01. The Bertz CT molecular complexity index is 763. The summed E-state index contributed by atoms with van der Waals surface area (Å²) in [7, 11) is 0. The van der Waals surface area contributed by atoms with E-state index >= 15 is 0 Å². The van der Waals surface area contributed by atoms with Gasteiger partial charge in [-0.15, -0.1) is 0 Å². The Morgan fingerprint density at radius 3 is 2.42 bits per heavy atom. The van der Waals surface area contributed by atoms with Crippen molar-refractivity contribution >= 4 is 40.4 Å². The van der Waals surface area contributed by atoms with Crippen LogP contribution in [0.5, 0.6) is 0 Å². The highest BCUT2D eigenvalue weighted by atomic mass is 35.5. The summed E-state index contributed by atoms with van der Waals surface area (Å²) in [6.07, 6.45) is 0. The molecule has 0 N–H and O–H groups in total. The molecule has 1 aromatic carbocycles. The zero-order valence-corrected chi connectivity index (χ0v) is 12.1. The van der Waals surface area contributed by atoms with E-state index in [4.69, 9.17) is 34.8 Å². The second-order valence-corrected chi connectivity index (χ2v) is 5.32. The molecule has 0 amide bonds. The number of hydrogen-bond donors (Lipinski definition) is 0. The van der Waals surface area contributed by atoms with Crippen LogP contribution in [0.3, 0.4) is 0 Å². The lowest BCUT2D eigenvalue weighted by Crippen LogP contribution is -1.92.